The Balaban J connectivity index is 3.17. The molecule has 0 nitrogen and oxygen atoms in total. The maximum absolute atomic E-state index is 5.50. The van der Waals surface area contributed by atoms with Crippen LogP contribution < -0.4 is 0 Å². The molecule has 0 spiro atoms. The molecule has 0 aliphatic heterocycles. The molecule has 36 valence electrons. The van der Waals surface area contributed by atoms with Gasteiger partial charge in [-0.25, -0.2) is 0 Å². The second-order valence-electron chi connectivity index (χ2n) is 0.983. The van der Waals surface area contributed by atoms with Gasteiger partial charge in [0.05, 0.1) is 0 Å². The van der Waals surface area contributed by atoms with Gasteiger partial charge in [-0.3, -0.25) is 0 Å². The van der Waals surface area contributed by atoms with Crippen LogP contribution in [0.15, 0.2) is 0 Å². The molecule has 2 radical (unpaired) electrons. The van der Waals surface area contributed by atoms with Crippen LogP contribution in [0.4, 0.5) is 0 Å². The first kappa shape index (κ1) is 7.30. The molecular weight excluding hydrogens is 175 g/mol. The van der Waals surface area contributed by atoms with Crippen molar-refractivity contribution in [3.63, 3.8) is 0 Å². The van der Waals surface area contributed by atoms with Crippen LogP contribution in [0.5, 0.6) is 0 Å². The van der Waals surface area contributed by atoms with E-state index in [-0.39, 0.29) is 8.35 Å². The molecule has 0 aromatic heterocycles. The predicted octanol–water partition coefficient (Wildman–Crippen LogP) is 1.89. The van der Waals surface area contributed by atoms with Crippen LogP contribution in [0.1, 0.15) is 0 Å². The third kappa shape index (κ3) is 5.30. The van der Waals surface area contributed by atoms with Crippen LogP contribution in [-0.2, 0) is 0 Å². The van der Waals surface area contributed by atoms with Crippen LogP contribution >= 0.6 is 33.2 Å². The normalized spacial score (nSPS) is 12.0. The van der Waals surface area contributed by atoms with E-state index in [0.29, 0.717) is 0 Å². The SMILES string of the molecule is C[Si](Cl)(Cl)[Si]Cl. The minimum Gasteiger partial charge on any atom is -0.172 e. The molecule has 5 heteroatoms. The highest BCUT2D eigenvalue weighted by Gasteiger charge is 2.19. The molecular formula is CH3Cl3Si2. The minimum absolute atomic E-state index is 0.209. The molecule has 0 saturated heterocycles. The quantitative estimate of drug-likeness (QED) is 0.424. The van der Waals surface area contributed by atoms with Crippen molar-refractivity contribution in [1.29, 1.82) is 0 Å². The largest absolute Gasteiger partial charge is 0.250 e. The lowest BCUT2D eigenvalue weighted by Crippen LogP contribution is -2.18. The Labute approximate surface area is 54.5 Å². The zero-order chi connectivity index (χ0) is 5.21. The van der Waals surface area contributed by atoms with Gasteiger partial charge in [-0.2, -0.15) is 11.1 Å². The maximum atomic E-state index is 5.50. The summed E-state index contributed by atoms with van der Waals surface area (Å²) in [7, 11) is 0.209. The van der Waals surface area contributed by atoms with Crippen molar-refractivity contribution in [3.8, 4) is 0 Å². The van der Waals surface area contributed by atoms with E-state index in [4.69, 9.17) is 33.2 Å². The first-order valence-electron chi connectivity index (χ1n) is 1.32. The van der Waals surface area contributed by atoms with E-state index < -0.39 is 6.21 Å². The Kier molecular flexibility index (Phi) is 3.13. The summed E-state index contributed by atoms with van der Waals surface area (Å²) < 4.78 is 0. The van der Waals surface area contributed by atoms with E-state index in [1.165, 1.54) is 0 Å². The Morgan fingerprint density at radius 1 is 1.50 bits per heavy atom. The fourth-order valence-corrected chi connectivity index (χ4v) is 0. The van der Waals surface area contributed by atoms with Gasteiger partial charge >= 0.3 is 0 Å². The van der Waals surface area contributed by atoms with E-state index in [2.05, 4.69) is 0 Å². The topological polar surface area (TPSA) is 0 Å². The van der Waals surface area contributed by atoms with E-state index in [1.54, 1.807) is 6.55 Å². The van der Waals surface area contributed by atoms with Gasteiger partial charge in [-0.1, -0.05) is 0 Å². The van der Waals surface area contributed by atoms with Gasteiger partial charge in [0.25, 0.3) is 0 Å². The Morgan fingerprint density at radius 3 is 1.67 bits per heavy atom. The van der Waals surface area contributed by atoms with E-state index in [9.17, 15) is 0 Å². The molecule has 0 aromatic rings. The van der Waals surface area contributed by atoms with Crippen molar-refractivity contribution in [2.45, 2.75) is 6.55 Å². The van der Waals surface area contributed by atoms with Gasteiger partial charge in [0.2, 0.25) is 6.21 Å². The van der Waals surface area contributed by atoms with Gasteiger partial charge in [0, 0.05) is 0 Å². The summed E-state index contributed by atoms with van der Waals surface area (Å²) in [6.07, 6.45) is -1.89. The van der Waals surface area contributed by atoms with Gasteiger partial charge < -0.3 is 0 Å². The molecule has 6 heavy (non-hydrogen) atoms. The van der Waals surface area contributed by atoms with Crippen molar-refractivity contribution in [2.75, 3.05) is 0 Å². The zero-order valence-corrected chi connectivity index (χ0v) is 7.40. The average Bonchev–Trinajstić information content (AvgIpc) is 1.35. The molecule has 0 heterocycles. The summed E-state index contributed by atoms with van der Waals surface area (Å²) in [6, 6.07) is 0. The highest BCUT2D eigenvalue weighted by Crippen LogP contribution is 2.11. The third-order valence-electron chi connectivity index (χ3n) is 0.166. The first-order valence-corrected chi connectivity index (χ1v) is 8.85. The number of halogens is 3. The minimum atomic E-state index is -1.89. The monoisotopic (exact) mass is 176 g/mol. The van der Waals surface area contributed by atoms with Gasteiger partial charge in [0.15, 0.2) is 8.35 Å². The summed E-state index contributed by atoms with van der Waals surface area (Å²) in [5, 5.41) is 0. The van der Waals surface area contributed by atoms with E-state index >= 15 is 0 Å². The van der Waals surface area contributed by atoms with Crippen LogP contribution in [0.25, 0.3) is 0 Å². The van der Waals surface area contributed by atoms with Crippen molar-refractivity contribution < 1.29 is 0 Å². The number of hydrogen-bond donors (Lipinski definition) is 0. The Bertz CT molecular complexity index is 38.5. The second-order valence-corrected chi connectivity index (χ2v) is 15.2. The Hall–Kier alpha value is 1.30. The Morgan fingerprint density at radius 2 is 1.67 bits per heavy atom. The second kappa shape index (κ2) is 2.57. The highest BCUT2D eigenvalue weighted by molar-refractivity contribution is 7.72. The lowest BCUT2D eigenvalue weighted by atomic mass is 11.9. The molecule has 0 unspecified atom stereocenters. The molecule has 0 N–H and O–H groups in total. The third-order valence-corrected chi connectivity index (χ3v) is 8.34. The molecule has 0 atom stereocenters. The van der Waals surface area contributed by atoms with Crippen LogP contribution in [0, 0.1) is 0 Å². The average molecular weight is 178 g/mol. The van der Waals surface area contributed by atoms with Gasteiger partial charge in [-0.15, -0.1) is 22.2 Å². The van der Waals surface area contributed by atoms with Crippen LogP contribution in [-0.4, -0.2) is 14.6 Å². The van der Waals surface area contributed by atoms with Gasteiger partial charge in [-0.05, 0) is 6.55 Å². The fraction of sp³-hybridized carbons (Fsp3) is 1.00. The zero-order valence-electron chi connectivity index (χ0n) is 3.13. The summed E-state index contributed by atoms with van der Waals surface area (Å²) >= 11 is 16.3. The van der Waals surface area contributed by atoms with Crippen LogP contribution in [0.2, 0.25) is 6.55 Å². The summed E-state index contributed by atoms with van der Waals surface area (Å²) in [6.45, 7) is 1.79. The summed E-state index contributed by atoms with van der Waals surface area (Å²) in [5.41, 5.74) is 0. The first-order chi connectivity index (χ1) is 2.56. The van der Waals surface area contributed by atoms with E-state index in [0.717, 1.165) is 0 Å². The summed E-state index contributed by atoms with van der Waals surface area (Å²) in [5.74, 6) is 0. The van der Waals surface area contributed by atoms with Crippen molar-refractivity contribution in [2.24, 2.45) is 0 Å². The molecule has 0 aliphatic carbocycles. The standard InChI is InChI=1S/CH3Cl3Si2/c1-6(3,4)5-2/h1H3. The number of rotatable bonds is 1. The smallest absolute Gasteiger partial charge is 0.172 e. The predicted molar refractivity (Wildman–Crippen MR) is 34.9 cm³/mol. The lowest BCUT2D eigenvalue weighted by Gasteiger charge is -1.98. The molecule has 0 fully saturated rings. The molecule has 0 rings (SSSR count). The van der Waals surface area contributed by atoms with Gasteiger partial charge in [0.1, 0.15) is 0 Å². The molecule has 0 saturated carbocycles. The van der Waals surface area contributed by atoms with Crippen molar-refractivity contribution >= 4 is 47.8 Å². The molecule has 0 aromatic carbocycles. The maximum Gasteiger partial charge on any atom is 0.250 e. The number of hydrogen-bond acceptors (Lipinski definition) is 0. The molecule has 0 amide bonds. The molecule has 0 bridgehead atoms. The van der Waals surface area contributed by atoms with Crippen molar-refractivity contribution in [1.82, 2.24) is 0 Å². The van der Waals surface area contributed by atoms with Crippen LogP contribution in [0.3, 0.4) is 0 Å². The fourth-order valence-electron chi connectivity index (χ4n) is 0. The highest BCUT2D eigenvalue weighted by atomic mass is 35.7. The molecule has 0 aliphatic rings. The lowest BCUT2D eigenvalue weighted by molar-refractivity contribution is 2.30. The van der Waals surface area contributed by atoms with E-state index in [1.807, 2.05) is 0 Å². The summed E-state index contributed by atoms with van der Waals surface area (Å²) in [4.78, 5) is 0. The van der Waals surface area contributed by atoms with Crippen molar-refractivity contribution in [3.05, 3.63) is 0 Å².